The van der Waals surface area contributed by atoms with Gasteiger partial charge in [-0.1, -0.05) is 60.9 Å². The predicted molar refractivity (Wildman–Crippen MR) is 77.7 cm³/mol. The Morgan fingerprint density at radius 2 is 1.72 bits per heavy atom. The number of hydrogen-bond donors (Lipinski definition) is 0. The van der Waals surface area contributed by atoms with E-state index in [9.17, 15) is 0 Å². The lowest BCUT2D eigenvalue weighted by Gasteiger charge is -2.31. The number of aromatic nitrogens is 1. The van der Waals surface area contributed by atoms with E-state index in [2.05, 4.69) is 4.98 Å². The molecule has 0 saturated carbocycles. The van der Waals surface area contributed by atoms with Gasteiger partial charge < -0.3 is 0 Å². The average molecular weight is 231 g/mol. The molecule has 0 aliphatic heterocycles. The molecule has 0 aliphatic rings. The summed E-state index contributed by atoms with van der Waals surface area (Å²) in [6.45, 7) is 4.03. The van der Waals surface area contributed by atoms with Crippen LogP contribution in [0, 0.1) is 5.92 Å². The monoisotopic (exact) mass is 231 g/mol. The maximum Gasteiger partial charge on any atom is 0.0704 e. The van der Waals surface area contributed by atoms with Gasteiger partial charge in [0.25, 0.3) is 0 Å². The molecule has 18 heavy (non-hydrogen) atoms. The van der Waals surface area contributed by atoms with Crippen molar-refractivity contribution in [3.8, 4) is 11.3 Å². The van der Waals surface area contributed by atoms with Crippen molar-refractivity contribution in [3.63, 3.8) is 0 Å². The minimum absolute atomic E-state index is 0.156. The topological polar surface area (TPSA) is 12.9 Å². The molecule has 0 fully saturated rings. The van der Waals surface area contributed by atoms with E-state index in [4.69, 9.17) is 15.7 Å². The zero-order chi connectivity index (χ0) is 13.2. The van der Waals surface area contributed by atoms with Crippen molar-refractivity contribution in [2.24, 2.45) is 5.92 Å². The molecule has 0 amide bonds. The van der Waals surface area contributed by atoms with Crippen molar-refractivity contribution >= 4 is 15.7 Å². The largest absolute Gasteiger partial charge is 0.256 e. The lowest BCUT2D eigenvalue weighted by molar-refractivity contribution is 0.570. The Morgan fingerprint density at radius 1 is 1.06 bits per heavy atom. The first kappa shape index (κ1) is 12.9. The van der Waals surface area contributed by atoms with Crippen LogP contribution >= 0.6 is 0 Å². The summed E-state index contributed by atoms with van der Waals surface area (Å²) in [7, 11) is 12.4. The van der Waals surface area contributed by atoms with Crippen molar-refractivity contribution in [3.05, 3.63) is 54.2 Å². The van der Waals surface area contributed by atoms with Gasteiger partial charge in [0.15, 0.2) is 0 Å². The maximum atomic E-state index is 6.18. The molecule has 1 nitrogen and oxygen atoms in total. The van der Waals surface area contributed by atoms with Crippen LogP contribution in [0.3, 0.4) is 0 Å². The zero-order valence-corrected chi connectivity index (χ0v) is 10.8. The van der Waals surface area contributed by atoms with Crippen LogP contribution < -0.4 is 0 Å². The number of hydrogen-bond acceptors (Lipinski definition) is 1. The molecule has 0 N–H and O–H groups in total. The van der Waals surface area contributed by atoms with Crippen LogP contribution in [0.2, 0.25) is 0 Å². The van der Waals surface area contributed by atoms with Gasteiger partial charge in [0.05, 0.1) is 21.4 Å². The molecule has 3 heteroatoms. The molecular weight excluding hydrogens is 216 g/mol. The van der Waals surface area contributed by atoms with E-state index >= 15 is 0 Å². The molecule has 0 spiro atoms. The molecule has 2 rings (SSSR count). The van der Waals surface area contributed by atoms with E-state index < -0.39 is 5.21 Å². The van der Waals surface area contributed by atoms with Gasteiger partial charge in [-0.05, 0) is 12.1 Å². The molecule has 1 heterocycles. The first-order valence-electron chi connectivity index (χ1n) is 6.11. The van der Waals surface area contributed by atoms with Gasteiger partial charge in [-0.25, -0.2) is 0 Å². The van der Waals surface area contributed by atoms with Crippen LogP contribution in [0.1, 0.15) is 19.4 Å². The van der Waals surface area contributed by atoms with Gasteiger partial charge in [-0.2, -0.15) is 0 Å². The van der Waals surface area contributed by atoms with Crippen LogP contribution in [0.15, 0.2) is 48.7 Å². The van der Waals surface area contributed by atoms with Gasteiger partial charge >= 0.3 is 0 Å². The Bertz CT molecular complexity index is 521. The van der Waals surface area contributed by atoms with Gasteiger partial charge in [0, 0.05) is 11.8 Å². The van der Waals surface area contributed by atoms with Gasteiger partial charge in [0.2, 0.25) is 0 Å². The van der Waals surface area contributed by atoms with Crippen LogP contribution in [-0.4, -0.2) is 20.7 Å². The van der Waals surface area contributed by atoms with Crippen molar-refractivity contribution in [1.82, 2.24) is 4.98 Å². The molecule has 4 radical (unpaired) electrons. The molecule has 2 aromatic rings. The lowest BCUT2D eigenvalue weighted by Crippen LogP contribution is -2.33. The molecule has 0 unspecified atom stereocenters. The third kappa shape index (κ3) is 2.50. The van der Waals surface area contributed by atoms with Gasteiger partial charge in [0.1, 0.15) is 0 Å². The average Bonchev–Trinajstić information content (AvgIpc) is 2.40. The van der Waals surface area contributed by atoms with E-state index in [0.29, 0.717) is 0 Å². The quantitative estimate of drug-likeness (QED) is 0.740. The van der Waals surface area contributed by atoms with Crippen LogP contribution in [-0.2, 0) is 5.21 Å². The molecule has 0 saturated heterocycles. The first-order valence-corrected chi connectivity index (χ1v) is 6.11. The fraction of sp³-hybridized carbons (Fsp3) is 0.267. The fourth-order valence-corrected chi connectivity index (χ4v) is 1.80. The normalized spacial score (nSPS) is 11.7. The highest BCUT2D eigenvalue weighted by Crippen LogP contribution is 2.28. The molecule has 0 aliphatic carbocycles. The summed E-state index contributed by atoms with van der Waals surface area (Å²) >= 11 is 0. The first-order chi connectivity index (χ1) is 8.51. The fourth-order valence-electron chi connectivity index (χ4n) is 1.80. The Labute approximate surface area is 111 Å². The van der Waals surface area contributed by atoms with E-state index in [1.807, 2.05) is 56.3 Å². The second kappa shape index (κ2) is 5.01. The van der Waals surface area contributed by atoms with Crippen molar-refractivity contribution < 1.29 is 0 Å². The Balaban J connectivity index is 2.43. The second-order valence-electron chi connectivity index (χ2n) is 4.88. The van der Waals surface area contributed by atoms with Crippen LogP contribution in [0.5, 0.6) is 0 Å². The third-order valence-corrected chi connectivity index (χ3v) is 3.28. The minimum Gasteiger partial charge on any atom is -0.256 e. The number of rotatable bonds is 3. The summed E-state index contributed by atoms with van der Waals surface area (Å²) in [5.41, 5.74) is 2.87. The van der Waals surface area contributed by atoms with E-state index in [-0.39, 0.29) is 5.92 Å². The number of nitrogens with zero attached hydrogens (tertiary/aromatic N) is 1. The van der Waals surface area contributed by atoms with Crippen molar-refractivity contribution in [2.45, 2.75) is 19.1 Å². The second-order valence-corrected chi connectivity index (χ2v) is 4.88. The molecule has 86 valence electrons. The molecule has 0 atom stereocenters. The van der Waals surface area contributed by atoms with Crippen LogP contribution in [0.4, 0.5) is 0 Å². The van der Waals surface area contributed by atoms with Crippen molar-refractivity contribution in [1.29, 1.82) is 0 Å². The Kier molecular flexibility index (Phi) is 3.60. The summed E-state index contributed by atoms with van der Waals surface area (Å²) in [6, 6.07) is 13.9. The summed E-state index contributed by atoms with van der Waals surface area (Å²) in [5.74, 6) is 0.156. The maximum absolute atomic E-state index is 6.18. The zero-order valence-electron chi connectivity index (χ0n) is 10.8. The number of benzene rings is 1. The third-order valence-electron chi connectivity index (χ3n) is 3.28. The number of pyridine rings is 1. The Hall–Kier alpha value is -1.50. The van der Waals surface area contributed by atoms with Gasteiger partial charge in [-0.3, -0.25) is 4.98 Å². The lowest BCUT2D eigenvalue weighted by atomic mass is 9.46. The van der Waals surface area contributed by atoms with Crippen LogP contribution in [0.25, 0.3) is 11.3 Å². The van der Waals surface area contributed by atoms with Crippen molar-refractivity contribution in [2.75, 3.05) is 0 Å². The summed E-state index contributed by atoms with van der Waals surface area (Å²) in [6.07, 6.45) is 1.76. The summed E-state index contributed by atoms with van der Waals surface area (Å²) in [4.78, 5) is 4.37. The predicted octanol–water partition coefficient (Wildman–Crippen LogP) is 2.89. The SMILES string of the molecule is [B]C([B])(c1ccnc(-c2ccccc2)c1)C(C)C. The molecule has 1 aromatic heterocycles. The summed E-state index contributed by atoms with van der Waals surface area (Å²) in [5, 5.41) is -0.827. The Morgan fingerprint density at radius 3 is 2.33 bits per heavy atom. The van der Waals surface area contributed by atoms with E-state index in [0.717, 1.165) is 16.8 Å². The molecular formula is C15H15B2N. The van der Waals surface area contributed by atoms with E-state index in [1.54, 1.807) is 6.20 Å². The molecule has 1 aromatic carbocycles. The smallest absolute Gasteiger partial charge is 0.0704 e. The van der Waals surface area contributed by atoms with E-state index in [1.165, 1.54) is 0 Å². The minimum atomic E-state index is -0.827. The highest BCUT2D eigenvalue weighted by atomic mass is 14.7. The van der Waals surface area contributed by atoms with Gasteiger partial charge in [-0.15, -0.1) is 0 Å². The highest BCUT2D eigenvalue weighted by Gasteiger charge is 2.23. The highest BCUT2D eigenvalue weighted by molar-refractivity contribution is 6.40. The molecule has 0 bridgehead atoms. The summed E-state index contributed by atoms with van der Waals surface area (Å²) < 4.78 is 0. The standard InChI is InChI=1S/C15H15B2N/c1-11(2)15(16,17)13-8-9-18-14(10-13)12-6-4-3-5-7-12/h3-11H,1-2H3.